The fraction of sp³-hybridized carbons (Fsp3) is 0.389. The number of pyridine rings is 1. The Kier molecular flexibility index (Phi) is 3.90. The maximum absolute atomic E-state index is 6.25. The minimum atomic E-state index is 0.448. The van der Waals surface area contributed by atoms with Gasteiger partial charge in [-0.1, -0.05) is 31.5 Å². The Hall–Kier alpha value is -1.54. The molecule has 3 rings (SSSR count). The van der Waals surface area contributed by atoms with Crippen molar-refractivity contribution >= 4 is 11.6 Å². The highest BCUT2D eigenvalue weighted by Crippen LogP contribution is 2.46. The van der Waals surface area contributed by atoms with Crippen molar-refractivity contribution in [2.45, 2.75) is 38.5 Å². The smallest absolute Gasteiger partial charge is 0.213 e. The number of hydrogen-bond donors (Lipinski definition) is 0. The van der Waals surface area contributed by atoms with Gasteiger partial charge in [0, 0.05) is 17.3 Å². The van der Waals surface area contributed by atoms with Crippen LogP contribution in [0.3, 0.4) is 0 Å². The van der Waals surface area contributed by atoms with Gasteiger partial charge in [-0.05, 0) is 59.1 Å². The van der Waals surface area contributed by atoms with Crippen LogP contribution >= 0.6 is 11.6 Å². The molecule has 0 saturated heterocycles. The summed E-state index contributed by atoms with van der Waals surface area (Å²) in [5.74, 6) is 1.74. The first-order chi connectivity index (χ1) is 10.1. The molecule has 0 radical (unpaired) electrons. The van der Waals surface area contributed by atoms with Crippen LogP contribution in [0.25, 0.3) is 11.1 Å². The Labute approximate surface area is 131 Å². The zero-order valence-electron chi connectivity index (χ0n) is 12.7. The highest BCUT2D eigenvalue weighted by atomic mass is 35.5. The number of halogens is 1. The van der Waals surface area contributed by atoms with Crippen LogP contribution in [0.1, 0.15) is 49.7 Å². The number of methoxy groups -OCH3 is 1. The summed E-state index contributed by atoms with van der Waals surface area (Å²) in [4.78, 5) is 4.39. The van der Waals surface area contributed by atoms with E-state index < -0.39 is 0 Å². The fourth-order valence-electron chi connectivity index (χ4n) is 2.78. The molecule has 3 heteroatoms. The molecule has 0 aliphatic heterocycles. The highest BCUT2D eigenvalue weighted by molar-refractivity contribution is 6.30. The van der Waals surface area contributed by atoms with E-state index in [1.165, 1.54) is 35.1 Å². The quantitative estimate of drug-likeness (QED) is 0.753. The van der Waals surface area contributed by atoms with Crippen molar-refractivity contribution < 1.29 is 4.74 Å². The molecule has 1 aliphatic rings. The number of rotatable bonds is 4. The summed E-state index contributed by atoms with van der Waals surface area (Å²) >= 11 is 6.25. The van der Waals surface area contributed by atoms with Gasteiger partial charge in [0.15, 0.2) is 0 Å². The average molecular weight is 302 g/mol. The SMILES string of the molecule is COc1cc(-c2cc(Cl)ccc2C(C)C)c(C2CC2)cn1. The first-order valence-corrected chi connectivity index (χ1v) is 7.81. The first kappa shape index (κ1) is 14.4. The maximum atomic E-state index is 6.25. The molecule has 110 valence electrons. The molecular formula is C18H20ClNO. The number of hydrogen-bond acceptors (Lipinski definition) is 2. The van der Waals surface area contributed by atoms with E-state index in [9.17, 15) is 0 Å². The molecule has 1 aromatic heterocycles. The van der Waals surface area contributed by atoms with Crippen LogP contribution < -0.4 is 4.74 Å². The predicted molar refractivity (Wildman–Crippen MR) is 87.3 cm³/mol. The lowest BCUT2D eigenvalue weighted by Crippen LogP contribution is -1.98. The predicted octanol–water partition coefficient (Wildman–Crippen LogP) is 5.41. The molecular weight excluding hydrogens is 282 g/mol. The van der Waals surface area contributed by atoms with Crippen molar-refractivity contribution in [2.75, 3.05) is 7.11 Å². The average Bonchev–Trinajstić information content (AvgIpc) is 3.30. The molecule has 0 bridgehead atoms. The summed E-state index contributed by atoms with van der Waals surface area (Å²) in [5, 5.41) is 0.770. The Bertz CT molecular complexity index is 662. The van der Waals surface area contributed by atoms with E-state index in [-0.39, 0.29) is 0 Å². The van der Waals surface area contributed by atoms with Gasteiger partial charge in [0.2, 0.25) is 5.88 Å². The molecule has 0 spiro atoms. The lowest BCUT2D eigenvalue weighted by atomic mass is 9.90. The minimum absolute atomic E-state index is 0.448. The largest absolute Gasteiger partial charge is 0.481 e. The molecule has 0 atom stereocenters. The van der Waals surface area contributed by atoms with Crippen molar-refractivity contribution in [3.05, 3.63) is 46.6 Å². The van der Waals surface area contributed by atoms with Gasteiger partial charge < -0.3 is 4.74 Å². The number of nitrogens with zero attached hydrogens (tertiary/aromatic N) is 1. The van der Waals surface area contributed by atoms with Gasteiger partial charge in [-0.15, -0.1) is 0 Å². The molecule has 1 aliphatic carbocycles. The van der Waals surface area contributed by atoms with Crippen LogP contribution in [0.15, 0.2) is 30.5 Å². The molecule has 1 heterocycles. The fourth-order valence-corrected chi connectivity index (χ4v) is 2.95. The van der Waals surface area contributed by atoms with Crippen molar-refractivity contribution in [3.8, 4) is 17.0 Å². The lowest BCUT2D eigenvalue weighted by Gasteiger charge is -2.17. The van der Waals surface area contributed by atoms with Crippen molar-refractivity contribution in [3.63, 3.8) is 0 Å². The van der Waals surface area contributed by atoms with E-state index in [0.717, 1.165) is 5.02 Å². The lowest BCUT2D eigenvalue weighted by molar-refractivity contribution is 0.398. The van der Waals surface area contributed by atoms with Gasteiger partial charge in [-0.25, -0.2) is 4.98 Å². The van der Waals surface area contributed by atoms with E-state index in [4.69, 9.17) is 16.3 Å². The zero-order valence-corrected chi connectivity index (χ0v) is 13.4. The van der Waals surface area contributed by atoms with Gasteiger partial charge in [-0.2, -0.15) is 0 Å². The second-order valence-corrected chi connectivity index (χ2v) is 6.41. The van der Waals surface area contributed by atoms with Gasteiger partial charge in [0.05, 0.1) is 7.11 Å². The van der Waals surface area contributed by atoms with Crippen molar-refractivity contribution in [2.24, 2.45) is 0 Å². The Balaban J connectivity index is 2.21. The van der Waals surface area contributed by atoms with Gasteiger partial charge >= 0.3 is 0 Å². The molecule has 1 saturated carbocycles. The Morgan fingerprint density at radius 2 is 1.95 bits per heavy atom. The molecule has 1 fully saturated rings. The van der Waals surface area contributed by atoms with E-state index >= 15 is 0 Å². The molecule has 1 aromatic carbocycles. The summed E-state index contributed by atoms with van der Waals surface area (Å²) in [6.07, 6.45) is 4.47. The van der Waals surface area contributed by atoms with E-state index in [1.807, 2.05) is 18.3 Å². The molecule has 2 nitrogen and oxygen atoms in total. The van der Waals surface area contributed by atoms with Gasteiger partial charge in [0.25, 0.3) is 0 Å². The Morgan fingerprint density at radius 3 is 2.57 bits per heavy atom. The van der Waals surface area contributed by atoms with E-state index in [1.54, 1.807) is 7.11 Å². The normalized spacial score (nSPS) is 14.5. The third-order valence-corrected chi connectivity index (χ3v) is 4.30. The molecule has 2 aromatic rings. The van der Waals surface area contributed by atoms with Crippen molar-refractivity contribution in [1.29, 1.82) is 0 Å². The van der Waals surface area contributed by atoms with Crippen LogP contribution in [-0.2, 0) is 0 Å². The molecule has 21 heavy (non-hydrogen) atoms. The van der Waals surface area contributed by atoms with Gasteiger partial charge in [0.1, 0.15) is 0 Å². The third-order valence-electron chi connectivity index (χ3n) is 4.06. The summed E-state index contributed by atoms with van der Waals surface area (Å²) in [6.45, 7) is 4.42. The van der Waals surface area contributed by atoms with Crippen LogP contribution in [0, 0.1) is 0 Å². The topological polar surface area (TPSA) is 22.1 Å². The summed E-state index contributed by atoms with van der Waals surface area (Å²) in [5.41, 5.74) is 5.06. The monoisotopic (exact) mass is 301 g/mol. The van der Waals surface area contributed by atoms with Crippen LogP contribution in [-0.4, -0.2) is 12.1 Å². The van der Waals surface area contributed by atoms with Crippen LogP contribution in [0.5, 0.6) is 5.88 Å². The first-order valence-electron chi connectivity index (χ1n) is 7.44. The summed E-state index contributed by atoms with van der Waals surface area (Å²) in [7, 11) is 1.66. The summed E-state index contributed by atoms with van der Waals surface area (Å²) < 4.78 is 5.32. The minimum Gasteiger partial charge on any atom is -0.481 e. The molecule has 0 amide bonds. The van der Waals surface area contributed by atoms with Crippen LogP contribution in [0.2, 0.25) is 5.02 Å². The summed E-state index contributed by atoms with van der Waals surface area (Å²) in [6, 6.07) is 8.21. The molecule has 0 N–H and O–H groups in total. The second-order valence-electron chi connectivity index (χ2n) is 5.97. The van der Waals surface area contributed by atoms with Crippen molar-refractivity contribution in [1.82, 2.24) is 4.98 Å². The number of ether oxygens (including phenoxy) is 1. The van der Waals surface area contributed by atoms with E-state index in [0.29, 0.717) is 17.7 Å². The second kappa shape index (κ2) is 5.69. The Morgan fingerprint density at radius 1 is 1.19 bits per heavy atom. The zero-order chi connectivity index (χ0) is 15.0. The molecule has 0 unspecified atom stereocenters. The van der Waals surface area contributed by atoms with E-state index in [2.05, 4.69) is 31.0 Å². The van der Waals surface area contributed by atoms with Crippen LogP contribution in [0.4, 0.5) is 0 Å². The number of aromatic nitrogens is 1. The highest BCUT2D eigenvalue weighted by Gasteiger charge is 2.28. The third kappa shape index (κ3) is 2.91. The number of benzene rings is 1. The maximum Gasteiger partial charge on any atom is 0.213 e. The standard InChI is InChI=1S/C18H20ClNO/c1-11(2)14-7-6-13(19)8-15(14)16-9-18(21-3)20-10-17(16)12-4-5-12/h6-12H,4-5H2,1-3H3. The van der Waals surface area contributed by atoms with Gasteiger partial charge in [-0.3, -0.25) is 0 Å².